The first-order valence-corrected chi connectivity index (χ1v) is 7.71. The van der Waals surface area contributed by atoms with E-state index in [1.54, 1.807) is 24.3 Å². The summed E-state index contributed by atoms with van der Waals surface area (Å²) in [6.07, 6.45) is 0. The highest BCUT2D eigenvalue weighted by Crippen LogP contribution is 2.24. The molecule has 3 rings (SSSR count). The molecular formula is C16H13N5O3S. The fourth-order valence-electron chi connectivity index (χ4n) is 2.31. The molecule has 0 saturated carbocycles. The maximum absolute atomic E-state index is 12.1. The molecule has 1 aromatic heterocycles. The molecule has 0 radical (unpaired) electrons. The van der Waals surface area contributed by atoms with Gasteiger partial charge in [-0.15, -0.1) is 0 Å². The van der Waals surface area contributed by atoms with Crippen LogP contribution in [-0.4, -0.2) is 20.1 Å². The number of non-ortho nitro benzene ring substituents is 1. The van der Waals surface area contributed by atoms with Crippen LogP contribution in [0.4, 0.5) is 11.4 Å². The second-order valence-corrected chi connectivity index (χ2v) is 5.59. The summed E-state index contributed by atoms with van der Waals surface area (Å²) < 4.78 is 0.157. The summed E-state index contributed by atoms with van der Waals surface area (Å²) >= 11 is 4.85. The van der Waals surface area contributed by atoms with Crippen molar-refractivity contribution in [2.24, 2.45) is 0 Å². The zero-order valence-corrected chi connectivity index (χ0v) is 13.7. The summed E-state index contributed by atoms with van der Waals surface area (Å²) in [5.41, 5.74) is 2.09. The van der Waals surface area contributed by atoms with Gasteiger partial charge in [-0.2, -0.15) is 5.10 Å². The molecule has 0 saturated heterocycles. The molecule has 25 heavy (non-hydrogen) atoms. The van der Waals surface area contributed by atoms with Crippen LogP contribution in [0.15, 0.2) is 53.3 Å². The molecule has 0 spiro atoms. The van der Waals surface area contributed by atoms with Crippen molar-refractivity contribution in [1.82, 2.24) is 15.2 Å². The van der Waals surface area contributed by atoms with E-state index in [9.17, 15) is 14.9 Å². The van der Waals surface area contributed by atoms with E-state index in [0.29, 0.717) is 17.8 Å². The number of anilines is 1. The first kappa shape index (κ1) is 16.5. The Hall–Kier alpha value is -3.33. The molecule has 126 valence electrons. The Morgan fingerprint density at radius 1 is 1.16 bits per heavy atom. The van der Waals surface area contributed by atoms with Crippen LogP contribution < -0.4 is 10.9 Å². The number of aromatic nitrogens is 3. The Labute approximate surface area is 146 Å². The Morgan fingerprint density at radius 2 is 1.88 bits per heavy atom. The van der Waals surface area contributed by atoms with E-state index in [2.05, 4.69) is 20.5 Å². The Morgan fingerprint density at radius 3 is 2.56 bits per heavy atom. The van der Waals surface area contributed by atoms with E-state index in [-0.39, 0.29) is 21.7 Å². The lowest BCUT2D eigenvalue weighted by atomic mass is 10.1. The van der Waals surface area contributed by atoms with Crippen molar-refractivity contribution < 1.29 is 4.92 Å². The molecule has 1 heterocycles. The van der Waals surface area contributed by atoms with Gasteiger partial charge in [-0.25, -0.2) is 0 Å². The molecule has 3 aromatic rings. The van der Waals surface area contributed by atoms with Crippen molar-refractivity contribution in [3.8, 4) is 11.3 Å². The summed E-state index contributed by atoms with van der Waals surface area (Å²) in [5, 5.41) is 20.5. The van der Waals surface area contributed by atoms with Crippen molar-refractivity contribution >= 4 is 23.6 Å². The zero-order chi connectivity index (χ0) is 17.8. The second-order valence-electron chi connectivity index (χ2n) is 5.18. The molecule has 3 N–H and O–H groups in total. The topological polar surface area (TPSA) is 117 Å². The SMILES string of the molecule is O=c1[nH]c(=S)[nH]nc1-c1ccccc1NCc1ccc([N+](=O)[O-])cc1. The molecule has 2 aromatic carbocycles. The highest BCUT2D eigenvalue weighted by atomic mass is 32.1. The molecule has 0 aliphatic heterocycles. The predicted octanol–water partition coefficient (Wildman–Crippen LogP) is 3.01. The summed E-state index contributed by atoms with van der Waals surface area (Å²) in [6, 6.07) is 13.5. The number of nitrogens with one attached hydrogen (secondary N) is 3. The smallest absolute Gasteiger partial charge is 0.278 e. The van der Waals surface area contributed by atoms with E-state index in [1.807, 2.05) is 12.1 Å². The number of benzene rings is 2. The van der Waals surface area contributed by atoms with Crippen LogP contribution in [0.5, 0.6) is 0 Å². The Bertz CT molecular complexity index is 1030. The number of nitrogens with zero attached hydrogens (tertiary/aromatic N) is 2. The molecule has 0 fully saturated rings. The molecule has 9 heteroatoms. The number of hydrogen-bond acceptors (Lipinski definition) is 6. The normalized spacial score (nSPS) is 10.4. The summed E-state index contributed by atoms with van der Waals surface area (Å²) in [6.45, 7) is 0.440. The Kier molecular flexibility index (Phi) is 4.66. The van der Waals surface area contributed by atoms with Gasteiger partial charge in [0.05, 0.1) is 4.92 Å². The summed E-state index contributed by atoms with van der Waals surface area (Å²) in [7, 11) is 0. The highest BCUT2D eigenvalue weighted by molar-refractivity contribution is 7.71. The lowest BCUT2D eigenvalue weighted by Crippen LogP contribution is -2.14. The van der Waals surface area contributed by atoms with E-state index in [4.69, 9.17) is 12.2 Å². The molecule has 0 aliphatic carbocycles. The van der Waals surface area contributed by atoms with Gasteiger partial charge in [-0.05, 0) is 23.8 Å². The van der Waals surface area contributed by atoms with Gasteiger partial charge in [0.2, 0.25) is 0 Å². The maximum Gasteiger partial charge on any atom is 0.278 e. The van der Waals surface area contributed by atoms with Crippen LogP contribution >= 0.6 is 12.2 Å². The molecule has 8 nitrogen and oxygen atoms in total. The highest BCUT2D eigenvalue weighted by Gasteiger charge is 2.10. The third-order valence-corrected chi connectivity index (χ3v) is 3.72. The van der Waals surface area contributed by atoms with E-state index < -0.39 is 4.92 Å². The summed E-state index contributed by atoms with van der Waals surface area (Å²) in [5.74, 6) is 0. The van der Waals surface area contributed by atoms with Crippen molar-refractivity contribution in [2.75, 3.05) is 5.32 Å². The van der Waals surface area contributed by atoms with Gasteiger partial charge in [-0.1, -0.05) is 30.3 Å². The minimum Gasteiger partial charge on any atom is -0.380 e. The largest absolute Gasteiger partial charge is 0.380 e. The van der Waals surface area contributed by atoms with Crippen molar-refractivity contribution in [1.29, 1.82) is 0 Å². The first-order chi connectivity index (χ1) is 12.0. The van der Waals surface area contributed by atoms with Crippen LogP contribution in [0.1, 0.15) is 5.56 Å². The lowest BCUT2D eigenvalue weighted by Gasteiger charge is -2.11. The minimum absolute atomic E-state index is 0.0411. The van der Waals surface area contributed by atoms with Crippen molar-refractivity contribution in [3.63, 3.8) is 0 Å². The third kappa shape index (κ3) is 3.78. The van der Waals surface area contributed by atoms with Crippen LogP contribution in [0.2, 0.25) is 0 Å². The van der Waals surface area contributed by atoms with Gasteiger partial charge in [-0.3, -0.25) is 25.0 Å². The average molecular weight is 355 g/mol. The molecule has 0 bridgehead atoms. The number of rotatable bonds is 5. The number of aromatic amines is 2. The lowest BCUT2D eigenvalue weighted by molar-refractivity contribution is -0.384. The quantitative estimate of drug-likeness (QED) is 0.368. The minimum atomic E-state index is -0.441. The van der Waals surface area contributed by atoms with Gasteiger partial charge in [0.25, 0.3) is 11.2 Å². The van der Waals surface area contributed by atoms with Crippen molar-refractivity contribution in [2.45, 2.75) is 6.54 Å². The molecule has 0 aliphatic rings. The van der Waals surface area contributed by atoms with Gasteiger partial charge in [0.1, 0.15) is 0 Å². The van der Waals surface area contributed by atoms with E-state index in [0.717, 1.165) is 5.56 Å². The number of para-hydroxylation sites is 1. The number of hydrogen-bond donors (Lipinski definition) is 3. The van der Waals surface area contributed by atoms with E-state index >= 15 is 0 Å². The average Bonchev–Trinajstić information content (AvgIpc) is 2.61. The first-order valence-electron chi connectivity index (χ1n) is 7.30. The molecular weight excluding hydrogens is 342 g/mol. The van der Waals surface area contributed by atoms with Crippen LogP contribution in [0.25, 0.3) is 11.3 Å². The molecule has 0 amide bonds. The van der Waals surface area contributed by atoms with Gasteiger partial charge in [0, 0.05) is 29.9 Å². The third-order valence-electron chi connectivity index (χ3n) is 3.52. The fraction of sp³-hybridized carbons (Fsp3) is 0.0625. The monoisotopic (exact) mass is 355 g/mol. The zero-order valence-electron chi connectivity index (χ0n) is 12.9. The number of H-pyrrole nitrogens is 2. The van der Waals surface area contributed by atoms with Gasteiger partial charge in [0.15, 0.2) is 10.5 Å². The second kappa shape index (κ2) is 7.05. The van der Waals surface area contributed by atoms with Gasteiger partial charge >= 0.3 is 0 Å². The van der Waals surface area contributed by atoms with Crippen LogP contribution in [-0.2, 0) is 6.54 Å². The van der Waals surface area contributed by atoms with E-state index in [1.165, 1.54) is 12.1 Å². The fourth-order valence-corrected chi connectivity index (χ4v) is 2.45. The number of nitro benzene ring substituents is 1. The maximum atomic E-state index is 12.1. The predicted molar refractivity (Wildman–Crippen MR) is 95.9 cm³/mol. The van der Waals surface area contributed by atoms with Crippen LogP contribution in [0, 0.1) is 14.9 Å². The summed E-state index contributed by atoms with van der Waals surface area (Å²) in [4.78, 5) is 24.8. The Balaban J connectivity index is 1.85. The molecule has 0 atom stereocenters. The van der Waals surface area contributed by atoms with Crippen LogP contribution in [0.3, 0.4) is 0 Å². The number of nitro groups is 1. The standard InChI is InChI=1S/C16H13N5O3S/c22-15-14(19-20-16(25)18-15)12-3-1-2-4-13(12)17-9-10-5-7-11(8-6-10)21(23)24/h1-8,17H,9H2,(H2,18,20,22,25). The van der Waals surface area contributed by atoms with Crippen molar-refractivity contribution in [3.05, 3.63) is 79.3 Å². The van der Waals surface area contributed by atoms with Gasteiger partial charge < -0.3 is 5.32 Å². The molecule has 0 unspecified atom stereocenters.